The number of ether oxygens (including phenoxy) is 1. The number of halogens is 1. The maximum Gasteiger partial charge on any atom is 0.241 e. The summed E-state index contributed by atoms with van der Waals surface area (Å²) in [5.41, 5.74) is 0.612. The van der Waals surface area contributed by atoms with E-state index in [1.807, 2.05) is 19.9 Å². The van der Waals surface area contributed by atoms with Crippen LogP contribution in [0.2, 0.25) is 0 Å². The quantitative estimate of drug-likeness (QED) is 0.929. The van der Waals surface area contributed by atoms with E-state index in [9.17, 15) is 4.79 Å². The molecule has 1 unspecified atom stereocenters. The lowest BCUT2D eigenvalue weighted by atomic mass is 9.96. The van der Waals surface area contributed by atoms with Crippen LogP contribution >= 0.6 is 15.9 Å². The number of nitrogens with one attached hydrogen (secondary N) is 1. The van der Waals surface area contributed by atoms with Crippen LogP contribution in [0.15, 0.2) is 22.7 Å². The molecule has 0 fully saturated rings. The highest BCUT2D eigenvalue weighted by Gasteiger charge is 2.21. The van der Waals surface area contributed by atoms with Crippen molar-refractivity contribution in [1.82, 2.24) is 0 Å². The molecule has 18 heavy (non-hydrogen) atoms. The second-order valence-corrected chi connectivity index (χ2v) is 5.04. The van der Waals surface area contributed by atoms with Crippen molar-refractivity contribution in [3.63, 3.8) is 0 Å². The van der Waals surface area contributed by atoms with Crippen LogP contribution in [0.4, 0.5) is 5.69 Å². The fourth-order valence-electron chi connectivity index (χ4n) is 1.47. The zero-order valence-electron chi connectivity index (χ0n) is 10.5. The molecule has 1 N–H and O–H groups in total. The van der Waals surface area contributed by atoms with Gasteiger partial charge in [-0.15, -0.1) is 0 Å². The van der Waals surface area contributed by atoms with Gasteiger partial charge in [-0.25, -0.2) is 0 Å². The summed E-state index contributed by atoms with van der Waals surface area (Å²) < 4.78 is 5.95. The van der Waals surface area contributed by atoms with E-state index >= 15 is 0 Å². The molecule has 4 nitrogen and oxygen atoms in total. The average Bonchev–Trinajstić information content (AvgIpc) is 2.32. The number of benzene rings is 1. The van der Waals surface area contributed by atoms with E-state index in [0.717, 1.165) is 4.47 Å². The number of methoxy groups -OCH3 is 1. The van der Waals surface area contributed by atoms with Crippen molar-refractivity contribution in [2.75, 3.05) is 12.4 Å². The van der Waals surface area contributed by atoms with Crippen LogP contribution in [0.3, 0.4) is 0 Å². The highest BCUT2D eigenvalue weighted by atomic mass is 79.9. The minimum atomic E-state index is -0.653. The first-order chi connectivity index (χ1) is 8.49. The molecule has 1 amide bonds. The van der Waals surface area contributed by atoms with Crippen LogP contribution in [0, 0.1) is 23.2 Å². The summed E-state index contributed by atoms with van der Waals surface area (Å²) in [5, 5.41) is 11.7. The Balaban J connectivity index is 2.85. The lowest BCUT2D eigenvalue weighted by Crippen LogP contribution is -2.25. The van der Waals surface area contributed by atoms with Gasteiger partial charge in [-0.2, -0.15) is 5.26 Å². The molecule has 0 aliphatic carbocycles. The van der Waals surface area contributed by atoms with Crippen LogP contribution in [0.1, 0.15) is 13.8 Å². The summed E-state index contributed by atoms with van der Waals surface area (Å²) >= 11 is 3.33. The standard InChI is InChI=1S/C13H15BrN2O2/c1-8(2)10(7-15)13(17)16-9-4-5-11(14)12(6-9)18-3/h4-6,8,10H,1-3H3,(H,16,17). The first-order valence-corrected chi connectivity index (χ1v) is 6.33. The van der Waals surface area contributed by atoms with Crippen LogP contribution in [-0.4, -0.2) is 13.0 Å². The molecule has 0 bridgehead atoms. The van der Waals surface area contributed by atoms with Gasteiger partial charge < -0.3 is 10.1 Å². The van der Waals surface area contributed by atoms with E-state index in [-0.39, 0.29) is 11.8 Å². The number of anilines is 1. The van der Waals surface area contributed by atoms with Gasteiger partial charge in [-0.05, 0) is 34.0 Å². The van der Waals surface area contributed by atoms with Gasteiger partial charge in [0.2, 0.25) is 5.91 Å². The third kappa shape index (κ3) is 3.47. The Bertz CT molecular complexity index is 480. The second kappa shape index (κ2) is 6.41. The fraction of sp³-hybridized carbons (Fsp3) is 0.385. The molecule has 0 spiro atoms. The van der Waals surface area contributed by atoms with E-state index in [1.165, 1.54) is 0 Å². The van der Waals surface area contributed by atoms with E-state index < -0.39 is 5.92 Å². The summed E-state index contributed by atoms with van der Waals surface area (Å²) in [6.45, 7) is 3.69. The smallest absolute Gasteiger partial charge is 0.241 e. The van der Waals surface area contributed by atoms with Gasteiger partial charge in [0, 0.05) is 11.8 Å². The molecule has 0 aliphatic heterocycles. The van der Waals surface area contributed by atoms with Crippen LogP contribution in [-0.2, 0) is 4.79 Å². The van der Waals surface area contributed by atoms with Gasteiger partial charge in [0.1, 0.15) is 11.7 Å². The van der Waals surface area contributed by atoms with Gasteiger partial charge in [0.25, 0.3) is 0 Å². The van der Waals surface area contributed by atoms with Crippen molar-refractivity contribution < 1.29 is 9.53 Å². The molecule has 0 heterocycles. The van der Waals surface area contributed by atoms with E-state index in [1.54, 1.807) is 25.3 Å². The number of hydrogen-bond acceptors (Lipinski definition) is 3. The molecule has 0 aromatic heterocycles. The summed E-state index contributed by atoms with van der Waals surface area (Å²) in [7, 11) is 1.55. The van der Waals surface area contributed by atoms with Crippen molar-refractivity contribution in [3.05, 3.63) is 22.7 Å². The minimum absolute atomic E-state index is 0.0210. The molecule has 0 saturated heterocycles. The number of amides is 1. The number of nitrogens with zero attached hydrogens (tertiary/aromatic N) is 1. The zero-order chi connectivity index (χ0) is 13.7. The second-order valence-electron chi connectivity index (χ2n) is 4.19. The van der Waals surface area contributed by atoms with E-state index in [0.29, 0.717) is 11.4 Å². The summed E-state index contributed by atoms with van der Waals surface area (Å²) in [6, 6.07) is 7.25. The summed E-state index contributed by atoms with van der Waals surface area (Å²) in [4.78, 5) is 11.9. The van der Waals surface area contributed by atoms with E-state index in [2.05, 4.69) is 21.2 Å². The molecule has 1 rings (SSSR count). The normalized spacial score (nSPS) is 11.8. The lowest BCUT2D eigenvalue weighted by molar-refractivity contribution is -0.119. The van der Waals surface area contributed by atoms with Crippen LogP contribution < -0.4 is 10.1 Å². The maximum atomic E-state index is 11.9. The maximum absolute atomic E-state index is 11.9. The zero-order valence-corrected chi connectivity index (χ0v) is 12.1. The van der Waals surface area contributed by atoms with Gasteiger partial charge in [0.15, 0.2) is 0 Å². The number of carbonyl (C=O) groups excluding carboxylic acids is 1. The number of nitriles is 1. The topological polar surface area (TPSA) is 62.1 Å². The van der Waals surface area contributed by atoms with Crippen LogP contribution in [0.25, 0.3) is 0 Å². The molecule has 5 heteroatoms. The predicted octanol–water partition coefficient (Wildman–Crippen LogP) is 3.19. The summed E-state index contributed by atoms with van der Waals surface area (Å²) in [6.07, 6.45) is 0. The highest BCUT2D eigenvalue weighted by molar-refractivity contribution is 9.10. The lowest BCUT2D eigenvalue weighted by Gasteiger charge is -2.14. The Morgan fingerprint density at radius 2 is 2.17 bits per heavy atom. The minimum Gasteiger partial charge on any atom is -0.495 e. The molecule has 1 aromatic rings. The first kappa shape index (κ1) is 14.5. The third-order valence-electron chi connectivity index (χ3n) is 2.51. The number of carbonyl (C=O) groups is 1. The SMILES string of the molecule is COc1cc(NC(=O)C(C#N)C(C)C)ccc1Br. The summed E-state index contributed by atoms with van der Waals surface area (Å²) in [5.74, 6) is -0.338. The molecule has 0 radical (unpaired) electrons. The Morgan fingerprint density at radius 3 is 2.67 bits per heavy atom. The first-order valence-electron chi connectivity index (χ1n) is 5.53. The van der Waals surface area contributed by atoms with E-state index in [4.69, 9.17) is 10.00 Å². The van der Waals surface area contributed by atoms with Gasteiger partial charge in [-0.1, -0.05) is 13.8 Å². The van der Waals surface area contributed by atoms with Gasteiger partial charge in [0.05, 0.1) is 17.7 Å². The highest BCUT2D eigenvalue weighted by Crippen LogP contribution is 2.28. The van der Waals surface area contributed by atoms with Crippen molar-refractivity contribution in [2.24, 2.45) is 11.8 Å². The molecular weight excluding hydrogens is 296 g/mol. The van der Waals surface area contributed by atoms with Crippen molar-refractivity contribution in [1.29, 1.82) is 5.26 Å². The number of rotatable bonds is 4. The molecule has 96 valence electrons. The third-order valence-corrected chi connectivity index (χ3v) is 3.16. The van der Waals surface area contributed by atoms with Gasteiger partial charge in [-0.3, -0.25) is 4.79 Å². The van der Waals surface area contributed by atoms with Crippen molar-refractivity contribution in [3.8, 4) is 11.8 Å². The van der Waals surface area contributed by atoms with Crippen LogP contribution in [0.5, 0.6) is 5.75 Å². The molecule has 0 aliphatic rings. The fourth-order valence-corrected chi connectivity index (χ4v) is 1.88. The monoisotopic (exact) mass is 310 g/mol. The Labute approximate surface area is 115 Å². The molecular formula is C13H15BrN2O2. The molecule has 1 atom stereocenters. The van der Waals surface area contributed by atoms with Crippen molar-refractivity contribution in [2.45, 2.75) is 13.8 Å². The average molecular weight is 311 g/mol. The van der Waals surface area contributed by atoms with Gasteiger partial charge >= 0.3 is 0 Å². The number of hydrogen-bond donors (Lipinski definition) is 1. The van der Waals surface area contributed by atoms with Crippen molar-refractivity contribution >= 4 is 27.5 Å². The Hall–Kier alpha value is -1.54. The molecule has 0 saturated carbocycles. The Kier molecular flexibility index (Phi) is 5.17. The largest absolute Gasteiger partial charge is 0.495 e. The Morgan fingerprint density at radius 1 is 1.50 bits per heavy atom. The molecule has 1 aromatic carbocycles. The predicted molar refractivity (Wildman–Crippen MR) is 73.3 cm³/mol.